The highest BCUT2D eigenvalue weighted by Gasteiger charge is 2.39. The molecule has 7 nitrogen and oxygen atoms in total. The third-order valence-corrected chi connectivity index (χ3v) is 6.84. The Morgan fingerprint density at radius 1 is 1.23 bits per heavy atom. The van der Waals surface area contributed by atoms with E-state index in [-0.39, 0.29) is 0 Å². The lowest BCUT2D eigenvalue weighted by atomic mass is 9.73. The zero-order valence-electron chi connectivity index (χ0n) is 18.5. The molecule has 0 radical (unpaired) electrons. The van der Waals surface area contributed by atoms with Crippen LogP contribution in [0.25, 0.3) is 5.69 Å². The largest absolute Gasteiger partial charge is 0.382 e. The summed E-state index contributed by atoms with van der Waals surface area (Å²) in [4.78, 5) is 6.95. The molecule has 0 atom stereocenters. The molecule has 0 amide bonds. The SMILES string of the molecule is CN=C(NCCCc1nn(-c2ccccc2)c(N)c1C#N)N1CCC2(CCCCC2)C1. The molecule has 1 aromatic carbocycles. The van der Waals surface area contributed by atoms with Gasteiger partial charge in [-0.1, -0.05) is 37.5 Å². The molecule has 0 unspecified atom stereocenters. The second kappa shape index (κ2) is 9.42. The van der Waals surface area contributed by atoms with Crippen molar-refractivity contribution in [2.45, 2.75) is 51.4 Å². The Balaban J connectivity index is 1.33. The third-order valence-electron chi connectivity index (χ3n) is 6.84. The number of benzene rings is 1. The number of nitrogens with zero attached hydrogens (tertiary/aromatic N) is 5. The summed E-state index contributed by atoms with van der Waals surface area (Å²) < 4.78 is 1.66. The fraction of sp³-hybridized carbons (Fsp3) is 0.542. The number of nitriles is 1. The maximum absolute atomic E-state index is 9.58. The number of hydrogen-bond donors (Lipinski definition) is 2. The Labute approximate surface area is 184 Å². The summed E-state index contributed by atoms with van der Waals surface area (Å²) in [6.07, 6.45) is 9.71. The predicted octanol–water partition coefficient (Wildman–Crippen LogP) is 3.49. The van der Waals surface area contributed by atoms with E-state index in [1.807, 2.05) is 37.4 Å². The Bertz CT molecular complexity index is 948. The summed E-state index contributed by atoms with van der Waals surface area (Å²) in [6.45, 7) is 3.01. The number of aliphatic imine (C=N–C) groups is 1. The van der Waals surface area contributed by atoms with Crippen molar-refractivity contribution in [3.63, 3.8) is 0 Å². The van der Waals surface area contributed by atoms with Crippen molar-refractivity contribution in [2.75, 3.05) is 32.4 Å². The van der Waals surface area contributed by atoms with Gasteiger partial charge in [0, 0.05) is 26.7 Å². The number of nitrogen functional groups attached to an aromatic ring is 1. The molecule has 1 saturated heterocycles. The van der Waals surface area contributed by atoms with Gasteiger partial charge in [0.2, 0.25) is 0 Å². The van der Waals surface area contributed by atoms with Crippen LogP contribution in [0.5, 0.6) is 0 Å². The van der Waals surface area contributed by atoms with Gasteiger partial charge in [-0.15, -0.1) is 0 Å². The molecule has 4 rings (SSSR count). The smallest absolute Gasteiger partial charge is 0.193 e. The van der Waals surface area contributed by atoms with Crippen LogP contribution in [-0.2, 0) is 6.42 Å². The van der Waals surface area contributed by atoms with E-state index in [2.05, 4.69) is 26.4 Å². The van der Waals surface area contributed by atoms with Crippen molar-refractivity contribution in [1.82, 2.24) is 20.0 Å². The minimum atomic E-state index is 0.405. The number of rotatable bonds is 5. The highest BCUT2D eigenvalue weighted by molar-refractivity contribution is 5.80. The van der Waals surface area contributed by atoms with Crippen LogP contribution in [0.4, 0.5) is 5.82 Å². The third kappa shape index (κ3) is 4.53. The minimum absolute atomic E-state index is 0.405. The van der Waals surface area contributed by atoms with E-state index in [9.17, 15) is 5.26 Å². The lowest BCUT2D eigenvalue weighted by molar-refractivity contribution is 0.203. The van der Waals surface area contributed by atoms with E-state index < -0.39 is 0 Å². The van der Waals surface area contributed by atoms with Crippen LogP contribution in [0.15, 0.2) is 35.3 Å². The molecule has 31 heavy (non-hydrogen) atoms. The first-order chi connectivity index (χ1) is 15.2. The number of hydrogen-bond acceptors (Lipinski definition) is 4. The molecule has 164 valence electrons. The van der Waals surface area contributed by atoms with Crippen molar-refractivity contribution in [3.8, 4) is 11.8 Å². The van der Waals surface area contributed by atoms with Crippen LogP contribution >= 0.6 is 0 Å². The summed E-state index contributed by atoms with van der Waals surface area (Å²) in [6, 6.07) is 11.9. The van der Waals surface area contributed by atoms with Gasteiger partial charge in [0.1, 0.15) is 17.5 Å². The van der Waals surface area contributed by atoms with Crippen LogP contribution < -0.4 is 11.1 Å². The van der Waals surface area contributed by atoms with Crippen LogP contribution in [0.3, 0.4) is 0 Å². The van der Waals surface area contributed by atoms with Crippen molar-refractivity contribution < 1.29 is 0 Å². The first-order valence-electron chi connectivity index (χ1n) is 11.4. The van der Waals surface area contributed by atoms with E-state index in [1.165, 1.54) is 38.5 Å². The van der Waals surface area contributed by atoms with Gasteiger partial charge in [0.15, 0.2) is 5.96 Å². The first kappa shape index (κ1) is 21.2. The van der Waals surface area contributed by atoms with Gasteiger partial charge < -0.3 is 16.0 Å². The molecule has 2 aliphatic rings. The van der Waals surface area contributed by atoms with E-state index in [4.69, 9.17) is 5.73 Å². The van der Waals surface area contributed by atoms with Crippen LogP contribution in [0.2, 0.25) is 0 Å². The molecule has 2 fully saturated rings. The highest BCUT2D eigenvalue weighted by atomic mass is 15.3. The zero-order valence-corrected chi connectivity index (χ0v) is 18.5. The Hall–Kier alpha value is -3.01. The van der Waals surface area contributed by atoms with E-state index in [0.717, 1.165) is 43.4 Å². The fourth-order valence-electron chi connectivity index (χ4n) is 5.16. The molecule has 1 aliphatic carbocycles. The quantitative estimate of drug-likeness (QED) is 0.439. The maximum atomic E-state index is 9.58. The number of nitrogens with one attached hydrogen (secondary N) is 1. The summed E-state index contributed by atoms with van der Waals surface area (Å²) in [5.41, 5.74) is 8.82. The number of aryl methyl sites for hydroxylation is 1. The van der Waals surface area contributed by atoms with Gasteiger partial charge in [-0.2, -0.15) is 10.4 Å². The van der Waals surface area contributed by atoms with Crippen molar-refractivity contribution in [3.05, 3.63) is 41.6 Å². The number of para-hydroxylation sites is 1. The molecule has 0 bridgehead atoms. The molecular formula is C24H33N7. The Morgan fingerprint density at radius 3 is 2.71 bits per heavy atom. The second-order valence-corrected chi connectivity index (χ2v) is 8.88. The second-order valence-electron chi connectivity index (χ2n) is 8.88. The molecule has 1 spiro atoms. The first-order valence-corrected chi connectivity index (χ1v) is 11.4. The van der Waals surface area contributed by atoms with Gasteiger partial charge in [0.25, 0.3) is 0 Å². The highest BCUT2D eigenvalue weighted by Crippen LogP contribution is 2.43. The topological polar surface area (TPSA) is 95.3 Å². The van der Waals surface area contributed by atoms with Gasteiger partial charge >= 0.3 is 0 Å². The van der Waals surface area contributed by atoms with Crippen LogP contribution in [-0.4, -0.2) is 47.3 Å². The molecule has 1 saturated carbocycles. The fourth-order valence-corrected chi connectivity index (χ4v) is 5.16. The number of nitrogens with two attached hydrogens (primary N) is 1. The standard InChI is InChI=1S/C24H33N7/c1-27-23(30-16-14-24(18-30)12-6-3-7-13-24)28-15-8-11-21-20(17-25)22(26)31(29-21)19-9-4-2-5-10-19/h2,4-5,9-10H,3,6-8,11-16,18,26H2,1H3,(H,27,28). The van der Waals surface area contributed by atoms with E-state index in [1.54, 1.807) is 4.68 Å². The van der Waals surface area contributed by atoms with E-state index >= 15 is 0 Å². The van der Waals surface area contributed by atoms with Gasteiger partial charge in [-0.05, 0) is 49.7 Å². The number of likely N-dealkylation sites (tertiary alicyclic amines) is 1. The monoisotopic (exact) mass is 419 g/mol. The van der Waals surface area contributed by atoms with Gasteiger partial charge in [0.05, 0.1) is 11.4 Å². The maximum Gasteiger partial charge on any atom is 0.193 e. The number of guanidine groups is 1. The molecule has 1 aromatic heterocycles. The summed E-state index contributed by atoms with van der Waals surface area (Å²) in [5.74, 6) is 1.40. The predicted molar refractivity (Wildman–Crippen MR) is 124 cm³/mol. The van der Waals surface area contributed by atoms with Gasteiger partial charge in [-0.3, -0.25) is 4.99 Å². The van der Waals surface area contributed by atoms with Gasteiger partial charge in [-0.25, -0.2) is 4.68 Å². The molecular weight excluding hydrogens is 386 g/mol. The van der Waals surface area contributed by atoms with Crippen molar-refractivity contribution in [2.24, 2.45) is 10.4 Å². The summed E-state index contributed by atoms with van der Waals surface area (Å²) >= 11 is 0. The molecule has 3 N–H and O–H groups in total. The zero-order chi connectivity index (χ0) is 21.7. The van der Waals surface area contributed by atoms with Crippen LogP contribution in [0, 0.1) is 16.7 Å². The van der Waals surface area contributed by atoms with E-state index in [0.29, 0.717) is 23.2 Å². The molecule has 2 aromatic rings. The lowest BCUT2D eigenvalue weighted by Gasteiger charge is -2.33. The molecule has 1 aliphatic heterocycles. The molecule has 7 heteroatoms. The van der Waals surface area contributed by atoms with Crippen molar-refractivity contribution >= 4 is 11.8 Å². The normalized spacial score (nSPS) is 18.3. The van der Waals surface area contributed by atoms with Crippen molar-refractivity contribution in [1.29, 1.82) is 5.26 Å². The summed E-state index contributed by atoms with van der Waals surface area (Å²) in [5, 5.41) is 17.7. The number of anilines is 1. The van der Waals surface area contributed by atoms with Crippen LogP contribution in [0.1, 0.15) is 56.2 Å². The lowest BCUT2D eigenvalue weighted by Crippen LogP contribution is -2.42. The Morgan fingerprint density at radius 2 is 2.00 bits per heavy atom. The Kier molecular flexibility index (Phi) is 6.45. The average Bonchev–Trinajstić information content (AvgIpc) is 3.35. The molecule has 2 heterocycles. The minimum Gasteiger partial charge on any atom is -0.382 e. The average molecular weight is 420 g/mol. The summed E-state index contributed by atoms with van der Waals surface area (Å²) in [7, 11) is 1.87. The number of aromatic nitrogens is 2.